The van der Waals surface area contributed by atoms with Crippen molar-refractivity contribution in [3.63, 3.8) is 0 Å². The Kier molecular flexibility index (Phi) is 9.31. The van der Waals surface area contributed by atoms with Gasteiger partial charge in [-0.15, -0.1) is 0 Å². The smallest absolute Gasteiger partial charge is 0.416 e. The number of alkyl halides is 3. The number of nitrogens with one attached hydrogen (secondary N) is 1. The van der Waals surface area contributed by atoms with Crippen LogP contribution in [-0.2, 0) is 26.9 Å². The van der Waals surface area contributed by atoms with Crippen LogP contribution in [0.3, 0.4) is 0 Å². The van der Waals surface area contributed by atoms with E-state index in [1.807, 2.05) is 36.4 Å². The van der Waals surface area contributed by atoms with Crippen LogP contribution in [0.2, 0.25) is 0 Å². The summed E-state index contributed by atoms with van der Waals surface area (Å²) in [4.78, 5) is 26.7. The summed E-state index contributed by atoms with van der Waals surface area (Å²) >= 11 is 0. The van der Waals surface area contributed by atoms with Crippen LogP contribution in [0.5, 0.6) is 5.75 Å². The number of esters is 1. The number of hydrogen-bond donors (Lipinski definition) is 2. The van der Waals surface area contributed by atoms with Gasteiger partial charge in [-0.3, -0.25) is 15.0 Å². The number of rotatable bonds is 11. The molecule has 1 aliphatic heterocycles. The van der Waals surface area contributed by atoms with E-state index in [9.17, 15) is 22.8 Å². The Morgan fingerprint density at radius 3 is 2.32 bits per heavy atom. The van der Waals surface area contributed by atoms with Crippen molar-refractivity contribution in [1.29, 1.82) is 5.41 Å². The van der Waals surface area contributed by atoms with Gasteiger partial charge in [0, 0.05) is 12.1 Å². The molecule has 3 aromatic rings. The van der Waals surface area contributed by atoms with Gasteiger partial charge in [0.25, 0.3) is 0 Å². The van der Waals surface area contributed by atoms with Crippen molar-refractivity contribution in [2.45, 2.75) is 37.9 Å². The number of ether oxygens (including phenoxy) is 2. The van der Waals surface area contributed by atoms with E-state index in [-0.39, 0.29) is 30.8 Å². The minimum atomic E-state index is -4.41. The molecular formula is C31H32F3N3O4. The second kappa shape index (κ2) is 12.9. The summed E-state index contributed by atoms with van der Waals surface area (Å²) in [6.07, 6.45) is -3.20. The molecule has 2 atom stereocenters. The molecule has 1 aliphatic rings. The molecule has 1 heterocycles. The van der Waals surface area contributed by atoms with E-state index in [1.54, 1.807) is 23.1 Å². The topological polar surface area (TPSA) is 106 Å². The Balaban J connectivity index is 1.39. The number of nitrogens with zero attached hydrogens (tertiary/aromatic N) is 1. The predicted octanol–water partition coefficient (Wildman–Crippen LogP) is 5.45. The third kappa shape index (κ3) is 7.65. The zero-order chi connectivity index (χ0) is 29.6. The molecule has 7 nitrogen and oxygen atoms in total. The van der Waals surface area contributed by atoms with Gasteiger partial charge in [-0.1, -0.05) is 54.6 Å². The first kappa shape index (κ1) is 29.6. The lowest BCUT2D eigenvalue weighted by molar-refractivity contribution is -0.145. The van der Waals surface area contributed by atoms with Gasteiger partial charge in [0.1, 0.15) is 18.2 Å². The molecule has 0 spiro atoms. The predicted molar refractivity (Wildman–Crippen MR) is 148 cm³/mol. The number of benzene rings is 3. The monoisotopic (exact) mass is 567 g/mol. The lowest BCUT2D eigenvalue weighted by atomic mass is 10.0. The normalized spacial score (nSPS) is 17.0. The van der Waals surface area contributed by atoms with Crippen LogP contribution in [-0.4, -0.2) is 48.9 Å². The number of aryl methyl sites for hydroxylation is 1. The highest BCUT2D eigenvalue weighted by Gasteiger charge is 2.40. The molecule has 1 saturated heterocycles. The van der Waals surface area contributed by atoms with Crippen LogP contribution in [0, 0.1) is 11.3 Å². The number of methoxy groups -OCH3 is 1. The van der Waals surface area contributed by atoms with E-state index in [2.05, 4.69) is 0 Å². The van der Waals surface area contributed by atoms with Gasteiger partial charge in [-0.05, 0) is 54.2 Å². The molecule has 0 unspecified atom stereocenters. The van der Waals surface area contributed by atoms with Crippen molar-refractivity contribution in [3.05, 3.63) is 89.5 Å². The van der Waals surface area contributed by atoms with Crippen molar-refractivity contribution < 1.29 is 32.2 Å². The summed E-state index contributed by atoms with van der Waals surface area (Å²) in [5.74, 6) is -0.575. The fraction of sp³-hybridized carbons (Fsp3) is 0.323. The van der Waals surface area contributed by atoms with Crippen molar-refractivity contribution >= 4 is 17.7 Å². The molecule has 3 aromatic carbocycles. The van der Waals surface area contributed by atoms with Gasteiger partial charge in [0.15, 0.2) is 0 Å². The van der Waals surface area contributed by atoms with Crippen LogP contribution in [0.25, 0.3) is 11.1 Å². The molecule has 4 rings (SSSR count). The minimum Gasteiger partial charge on any atom is -0.491 e. The van der Waals surface area contributed by atoms with Crippen molar-refractivity contribution in [2.75, 3.05) is 20.3 Å². The van der Waals surface area contributed by atoms with Gasteiger partial charge in [0.2, 0.25) is 5.91 Å². The number of amides is 1. The first-order valence-electron chi connectivity index (χ1n) is 13.3. The molecule has 1 fully saturated rings. The number of likely N-dealkylation sites (tertiary alicyclic amines) is 1. The molecule has 3 N–H and O–H groups in total. The van der Waals surface area contributed by atoms with Crippen LogP contribution in [0.15, 0.2) is 72.8 Å². The molecule has 0 radical (unpaired) electrons. The number of carbonyl (C=O) groups excluding carboxylic acids is 2. The quantitative estimate of drug-likeness (QED) is 0.182. The Morgan fingerprint density at radius 2 is 1.71 bits per heavy atom. The van der Waals surface area contributed by atoms with Crippen molar-refractivity contribution in [1.82, 2.24) is 4.90 Å². The average molecular weight is 568 g/mol. The summed E-state index contributed by atoms with van der Waals surface area (Å²) < 4.78 is 50.0. The second-order valence-electron chi connectivity index (χ2n) is 10.0. The van der Waals surface area contributed by atoms with Crippen LogP contribution in [0.4, 0.5) is 13.2 Å². The van der Waals surface area contributed by atoms with E-state index in [1.165, 1.54) is 13.2 Å². The number of halogens is 3. The lowest BCUT2D eigenvalue weighted by Crippen LogP contribution is -2.38. The van der Waals surface area contributed by atoms with E-state index >= 15 is 0 Å². The zero-order valence-corrected chi connectivity index (χ0v) is 22.6. The fourth-order valence-electron chi connectivity index (χ4n) is 5.01. The maximum absolute atomic E-state index is 13.2. The fourth-order valence-corrected chi connectivity index (χ4v) is 5.01. The molecule has 0 saturated carbocycles. The Morgan fingerprint density at radius 1 is 1.05 bits per heavy atom. The second-order valence-corrected chi connectivity index (χ2v) is 10.0. The molecule has 0 aliphatic carbocycles. The van der Waals surface area contributed by atoms with Gasteiger partial charge in [-0.25, -0.2) is 0 Å². The van der Waals surface area contributed by atoms with Gasteiger partial charge in [0.05, 0.1) is 31.1 Å². The Labute approximate surface area is 236 Å². The zero-order valence-electron chi connectivity index (χ0n) is 22.6. The molecular weight excluding hydrogens is 535 g/mol. The standard InChI is InChI=1S/C31H32F3N3O4/c1-40-28(38)18-24-17-26(37(30(24)39)15-3-5-20-4-2-6-25(16-20)31(32,33)34)19-41-27-13-11-22(12-14-27)21-7-9-23(10-8-21)29(35)36/h2,4,6-14,16,24,26H,3,5,15,17-19H2,1H3,(H3,35,36)/t24-,26-/m0/s1. The maximum atomic E-state index is 13.2. The minimum absolute atomic E-state index is 0.00391. The largest absolute Gasteiger partial charge is 0.491 e. The number of hydrogen-bond acceptors (Lipinski definition) is 5. The number of nitrogens with two attached hydrogens (primary N) is 1. The first-order chi connectivity index (χ1) is 19.5. The number of nitrogen functional groups attached to an aromatic ring is 1. The molecule has 41 heavy (non-hydrogen) atoms. The summed E-state index contributed by atoms with van der Waals surface area (Å²) in [6, 6.07) is 19.7. The SMILES string of the molecule is COC(=O)C[C@@H]1C[C@@H](COc2ccc(-c3ccc(C(=N)N)cc3)cc2)N(CCCc2cccc(C(F)(F)F)c2)C1=O. The van der Waals surface area contributed by atoms with Crippen molar-refractivity contribution in [2.24, 2.45) is 11.7 Å². The lowest BCUT2D eigenvalue weighted by Gasteiger charge is -2.25. The molecule has 0 aromatic heterocycles. The van der Waals surface area contributed by atoms with Gasteiger partial charge >= 0.3 is 12.1 Å². The van der Waals surface area contributed by atoms with Gasteiger partial charge < -0.3 is 20.1 Å². The first-order valence-corrected chi connectivity index (χ1v) is 13.3. The number of amidine groups is 1. The molecule has 10 heteroatoms. The van der Waals surface area contributed by atoms with E-state index < -0.39 is 23.6 Å². The Hall–Kier alpha value is -4.34. The van der Waals surface area contributed by atoms with Gasteiger partial charge in [-0.2, -0.15) is 13.2 Å². The highest BCUT2D eigenvalue weighted by Crippen LogP contribution is 2.31. The summed E-state index contributed by atoms with van der Waals surface area (Å²) in [6.45, 7) is 0.537. The van der Waals surface area contributed by atoms with E-state index in [0.29, 0.717) is 42.7 Å². The third-order valence-corrected chi connectivity index (χ3v) is 7.22. The molecule has 216 valence electrons. The highest BCUT2D eigenvalue weighted by atomic mass is 19.4. The van der Waals surface area contributed by atoms with Crippen molar-refractivity contribution in [3.8, 4) is 16.9 Å². The van der Waals surface area contributed by atoms with Crippen LogP contribution < -0.4 is 10.5 Å². The van der Waals surface area contributed by atoms with E-state index in [4.69, 9.17) is 20.6 Å². The maximum Gasteiger partial charge on any atom is 0.416 e. The van der Waals surface area contributed by atoms with E-state index in [0.717, 1.165) is 23.3 Å². The Bertz CT molecular complexity index is 1370. The average Bonchev–Trinajstić information content (AvgIpc) is 3.25. The molecule has 1 amide bonds. The summed E-state index contributed by atoms with van der Waals surface area (Å²) in [7, 11) is 1.27. The highest BCUT2D eigenvalue weighted by molar-refractivity contribution is 5.95. The molecule has 0 bridgehead atoms. The summed E-state index contributed by atoms with van der Waals surface area (Å²) in [5, 5.41) is 7.52. The van der Waals surface area contributed by atoms with Crippen LogP contribution >= 0.6 is 0 Å². The van der Waals surface area contributed by atoms with Crippen LogP contribution in [0.1, 0.15) is 36.0 Å². The number of carbonyl (C=O) groups is 2. The third-order valence-electron chi connectivity index (χ3n) is 7.22. The summed E-state index contributed by atoms with van der Waals surface area (Å²) in [5.41, 5.74) is 7.92.